The van der Waals surface area contributed by atoms with E-state index in [0.717, 1.165) is 10.0 Å². The molecule has 0 radical (unpaired) electrons. The fraction of sp³-hybridized carbons (Fsp3) is 0. The minimum absolute atomic E-state index is 0.368. The molecule has 0 fully saturated rings. The fourth-order valence-electron chi connectivity index (χ4n) is 1.20. The molecule has 0 unspecified atom stereocenters. The van der Waals surface area contributed by atoms with Gasteiger partial charge in [-0.2, -0.15) is 0 Å². The van der Waals surface area contributed by atoms with Crippen LogP contribution in [0.4, 0.5) is 0 Å². The van der Waals surface area contributed by atoms with E-state index >= 15 is 0 Å². The summed E-state index contributed by atoms with van der Waals surface area (Å²) in [7, 11) is 0. The number of hydrogen-bond donors (Lipinski definition) is 0. The quantitative estimate of drug-likeness (QED) is 0.796. The second kappa shape index (κ2) is 4.33. The average molecular weight is 330 g/mol. The summed E-state index contributed by atoms with van der Waals surface area (Å²) in [6.07, 6.45) is 0. The Hall–Kier alpha value is -0.870. The van der Waals surface area contributed by atoms with Crippen molar-refractivity contribution in [3.05, 3.63) is 55.8 Å². The lowest BCUT2D eigenvalue weighted by atomic mass is 10.2. The molecule has 2 rings (SSSR count). The molecule has 2 aromatic rings. The second-order valence-corrected chi connectivity index (χ2v) is 4.72. The van der Waals surface area contributed by atoms with Crippen LogP contribution in [0, 0.1) is 0 Å². The molecule has 2 nitrogen and oxygen atoms in total. The molecule has 0 spiro atoms. The van der Waals surface area contributed by atoms with Gasteiger partial charge in [-0.1, -0.05) is 28.1 Å². The Labute approximate surface area is 103 Å². The Morgan fingerprint density at radius 3 is 2.53 bits per heavy atom. The molecule has 76 valence electrons. The largest absolute Gasteiger partial charge is 0.422 e. The van der Waals surface area contributed by atoms with E-state index in [-0.39, 0.29) is 5.63 Å². The van der Waals surface area contributed by atoms with E-state index in [1.165, 1.54) is 0 Å². The highest BCUT2D eigenvalue weighted by Gasteiger charge is 2.03. The van der Waals surface area contributed by atoms with Crippen molar-refractivity contribution in [3.63, 3.8) is 0 Å². The van der Waals surface area contributed by atoms with E-state index in [2.05, 4.69) is 31.9 Å². The van der Waals surface area contributed by atoms with Gasteiger partial charge >= 0.3 is 5.63 Å². The maximum absolute atomic E-state index is 11.3. The van der Waals surface area contributed by atoms with Crippen LogP contribution in [0.1, 0.15) is 0 Å². The molecule has 0 aliphatic carbocycles. The third-order valence-corrected chi connectivity index (χ3v) is 2.97. The highest BCUT2D eigenvalue weighted by Crippen LogP contribution is 2.22. The Morgan fingerprint density at radius 1 is 1.07 bits per heavy atom. The minimum Gasteiger partial charge on any atom is -0.422 e. The Bertz CT molecular complexity index is 546. The predicted octanol–water partition coefficient (Wildman–Crippen LogP) is 3.83. The molecule has 0 N–H and O–H groups in total. The molecule has 1 aromatic carbocycles. The van der Waals surface area contributed by atoms with Gasteiger partial charge in [-0.05, 0) is 40.2 Å². The van der Waals surface area contributed by atoms with Crippen molar-refractivity contribution in [1.82, 2.24) is 0 Å². The summed E-state index contributed by atoms with van der Waals surface area (Å²) in [5, 5.41) is 0. The first-order valence-corrected chi connectivity index (χ1v) is 5.81. The lowest BCUT2D eigenvalue weighted by Gasteiger charge is -2.00. The molecular formula is C11H6Br2O2. The summed E-state index contributed by atoms with van der Waals surface area (Å²) >= 11 is 6.46. The van der Waals surface area contributed by atoms with Gasteiger partial charge in [-0.15, -0.1) is 0 Å². The first-order chi connectivity index (χ1) is 7.16. The van der Waals surface area contributed by atoms with Gasteiger partial charge in [0, 0.05) is 10.0 Å². The highest BCUT2D eigenvalue weighted by molar-refractivity contribution is 9.10. The zero-order chi connectivity index (χ0) is 10.8. The number of benzene rings is 1. The molecule has 0 amide bonds. The molecule has 0 atom stereocenters. The van der Waals surface area contributed by atoms with E-state index < -0.39 is 0 Å². The van der Waals surface area contributed by atoms with Crippen molar-refractivity contribution in [2.24, 2.45) is 0 Å². The van der Waals surface area contributed by atoms with E-state index in [4.69, 9.17) is 4.42 Å². The van der Waals surface area contributed by atoms with Crippen LogP contribution < -0.4 is 5.63 Å². The summed E-state index contributed by atoms with van der Waals surface area (Å²) in [6, 6.07) is 11.0. The summed E-state index contributed by atoms with van der Waals surface area (Å²) in [5.41, 5.74) is 0.501. The van der Waals surface area contributed by atoms with Crippen LogP contribution in [0.2, 0.25) is 0 Å². The van der Waals surface area contributed by atoms with E-state index in [1.54, 1.807) is 12.1 Å². The number of halogens is 2. The molecule has 1 aromatic heterocycles. The molecule has 0 aliphatic heterocycles. The van der Waals surface area contributed by atoms with Crippen molar-refractivity contribution >= 4 is 31.9 Å². The highest BCUT2D eigenvalue weighted by atomic mass is 79.9. The third-order valence-electron chi connectivity index (χ3n) is 1.89. The van der Waals surface area contributed by atoms with Crippen molar-refractivity contribution in [2.75, 3.05) is 0 Å². The van der Waals surface area contributed by atoms with Crippen molar-refractivity contribution < 1.29 is 4.42 Å². The molecule has 4 heteroatoms. The van der Waals surface area contributed by atoms with Gasteiger partial charge in [0.15, 0.2) is 0 Å². The smallest absolute Gasteiger partial charge is 0.350 e. The van der Waals surface area contributed by atoms with Gasteiger partial charge in [0.1, 0.15) is 10.2 Å². The Morgan fingerprint density at radius 2 is 1.87 bits per heavy atom. The lowest BCUT2D eigenvalue weighted by Crippen LogP contribution is -1.99. The van der Waals surface area contributed by atoms with Gasteiger partial charge in [0.25, 0.3) is 0 Å². The van der Waals surface area contributed by atoms with Gasteiger partial charge in [0.05, 0.1) is 0 Å². The van der Waals surface area contributed by atoms with Crippen molar-refractivity contribution in [3.8, 4) is 11.3 Å². The summed E-state index contributed by atoms with van der Waals surface area (Å²) in [5.74, 6) is 0.560. The zero-order valence-corrected chi connectivity index (χ0v) is 10.7. The Balaban J connectivity index is 2.55. The van der Waals surface area contributed by atoms with Crippen LogP contribution in [0.3, 0.4) is 0 Å². The molecule has 15 heavy (non-hydrogen) atoms. The summed E-state index contributed by atoms with van der Waals surface area (Å²) < 4.78 is 6.51. The van der Waals surface area contributed by atoms with E-state index in [1.807, 2.05) is 24.3 Å². The average Bonchev–Trinajstić information content (AvgIpc) is 2.22. The second-order valence-electron chi connectivity index (χ2n) is 2.95. The zero-order valence-electron chi connectivity index (χ0n) is 7.54. The van der Waals surface area contributed by atoms with Crippen molar-refractivity contribution in [1.29, 1.82) is 0 Å². The van der Waals surface area contributed by atoms with Crippen LogP contribution in [-0.2, 0) is 0 Å². The van der Waals surface area contributed by atoms with E-state index in [0.29, 0.717) is 10.2 Å². The maximum Gasteiger partial charge on any atom is 0.350 e. The molecule has 0 aliphatic rings. The summed E-state index contributed by atoms with van der Waals surface area (Å²) in [4.78, 5) is 11.3. The standard InChI is InChI=1S/C11H6Br2O2/c12-8-3-1-2-7(6-8)10-5-4-9(13)11(14)15-10/h1-6H. The van der Waals surface area contributed by atoms with Crippen LogP contribution in [0.25, 0.3) is 11.3 Å². The van der Waals surface area contributed by atoms with Gasteiger partial charge in [0.2, 0.25) is 0 Å². The molecule has 0 saturated heterocycles. The maximum atomic E-state index is 11.3. The van der Waals surface area contributed by atoms with E-state index in [9.17, 15) is 4.79 Å². The SMILES string of the molecule is O=c1oc(-c2cccc(Br)c2)ccc1Br. The first kappa shape index (κ1) is 10.6. The third kappa shape index (κ3) is 2.38. The van der Waals surface area contributed by atoms with Crippen LogP contribution in [0.5, 0.6) is 0 Å². The van der Waals surface area contributed by atoms with Crippen molar-refractivity contribution in [2.45, 2.75) is 0 Å². The van der Waals surface area contributed by atoms with Gasteiger partial charge in [-0.3, -0.25) is 0 Å². The number of rotatable bonds is 1. The minimum atomic E-state index is -0.368. The predicted molar refractivity (Wildman–Crippen MR) is 65.8 cm³/mol. The summed E-state index contributed by atoms with van der Waals surface area (Å²) in [6.45, 7) is 0. The Kier molecular flexibility index (Phi) is 3.07. The van der Waals surface area contributed by atoms with Crippen LogP contribution in [0.15, 0.2) is 54.6 Å². The fourth-order valence-corrected chi connectivity index (χ4v) is 1.81. The topological polar surface area (TPSA) is 30.2 Å². The monoisotopic (exact) mass is 328 g/mol. The molecule has 1 heterocycles. The first-order valence-electron chi connectivity index (χ1n) is 4.22. The number of hydrogen-bond acceptors (Lipinski definition) is 2. The lowest BCUT2D eigenvalue weighted by molar-refractivity contribution is 0.521. The normalized spacial score (nSPS) is 10.3. The van der Waals surface area contributed by atoms with Gasteiger partial charge in [-0.25, -0.2) is 4.79 Å². The molecule has 0 saturated carbocycles. The molecule has 0 bridgehead atoms. The van der Waals surface area contributed by atoms with Crippen LogP contribution in [-0.4, -0.2) is 0 Å². The van der Waals surface area contributed by atoms with Gasteiger partial charge < -0.3 is 4.42 Å². The van der Waals surface area contributed by atoms with Crippen LogP contribution >= 0.6 is 31.9 Å². The molecular weight excluding hydrogens is 324 g/mol.